The summed E-state index contributed by atoms with van der Waals surface area (Å²) >= 11 is 3.43. The van der Waals surface area contributed by atoms with E-state index in [-0.39, 0.29) is 17.8 Å². The molecule has 0 fully saturated rings. The molecule has 0 aliphatic heterocycles. The number of hydrogen-bond donors (Lipinski definition) is 0. The van der Waals surface area contributed by atoms with Crippen LogP contribution in [0.4, 0.5) is 0 Å². The molecule has 0 heterocycles. The summed E-state index contributed by atoms with van der Waals surface area (Å²) in [7, 11) is 0. The average Bonchev–Trinajstić information content (AvgIpc) is 2.51. The number of benzene rings is 1. The molecule has 0 radical (unpaired) electrons. The molecule has 0 unspecified atom stereocenters. The number of hydrogen-bond acceptors (Lipinski definition) is 3. The minimum atomic E-state index is -0.595. The summed E-state index contributed by atoms with van der Waals surface area (Å²) in [5.41, 5.74) is 0.409. The summed E-state index contributed by atoms with van der Waals surface area (Å²) in [6, 6.07) is 7.24. The van der Waals surface area contributed by atoms with Crippen molar-refractivity contribution in [2.75, 3.05) is 0 Å². The van der Waals surface area contributed by atoms with E-state index in [2.05, 4.69) is 22.9 Å². The van der Waals surface area contributed by atoms with Gasteiger partial charge in [-0.15, -0.1) is 0 Å². The van der Waals surface area contributed by atoms with Gasteiger partial charge in [0.05, 0.1) is 0 Å². The van der Waals surface area contributed by atoms with Gasteiger partial charge in [0.15, 0.2) is 0 Å². The highest BCUT2D eigenvalue weighted by atomic mass is 79.9. The van der Waals surface area contributed by atoms with Crippen molar-refractivity contribution in [3.8, 4) is 0 Å². The zero-order valence-corrected chi connectivity index (χ0v) is 18.4. The second-order valence-corrected chi connectivity index (χ2v) is 8.89. The molecule has 5 heteroatoms. The van der Waals surface area contributed by atoms with Crippen molar-refractivity contribution in [1.82, 2.24) is 4.90 Å². The van der Waals surface area contributed by atoms with E-state index in [0.29, 0.717) is 13.0 Å². The maximum absolute atomic E-state index is 12.9. The molecule has 146 valence electrons. The molecule has 0 saturated carbocycles. The second kappa shape index (κ2) is 10.1. The number of esters is 1. The Bertz CT molecular complexity index is 590. The smallest absolute Gasteiger partial charge is 0.329 e. The van der Waals surface area contributed by atoms with Crippen molar-refractivity contribution in [1.29, 1.82) is 0 Å². The van der Waals surface area contributed by atoms with Crippen LogP contribution in [0.25, 0.3) is 0 Å². The molecule has 0 N–H and O–H groups in total. The molecule has 1 aromatic rings. The molecule has 0 aromatic heterocycles. The average molecular weight is 426 g/mol. The first kappa shape index (κ1) is 22.7. The predicted molar refractivity (Wildman–Crippen MR) is 109 cm³/mol. The van der Waals surface area contributed by atoms with Crippen molar-refractivity contribution in [3.63, 3.8) is 0 Å². The zero-order valence-electron chi connectivity index (χ0n) is 16.8. The first-order valence-electron chi connectivity index (χ1n) is 9.32. The predicted octanol–water partition coefficient (Wildman–Crippen LogP) is 5.33. The summed E-state index contributed by atoms with van der Waals surface area (Å²) < 4.78 is 6.60. The van der Waals surface area contributed by atoms with Gasteiger partial charge < -0.3 is 9.64 Å². The Morgan fingerprint density at radius 1 is 1.15 bits per heavy atom. The van der Waals surface area contributed by atoms with Crippen LogP contribution >= 0.6 is 15.9 Å². The fourth-order valence-electron chi connectivity index (χ4n) is 2.72. The van der Waals surface area contributed by atoms with Crippen LogP contribution in [0.1, 0.15) is 66.4 Å². The Kier molecular flexibility index (Phi) is 8.81. The molecule has 0 spiro atoms. The topological polar surface area (TPSA) is 46.6 Å². The van der Waals surface area contributed by atoms with Crippen molar-refractivity contribution in [3.05, 3.63) is 34.3 Å². The quantitative estimate of drug-likeness (QED) is 0.528. The number of rotatable bonds is 8. The number of halogens is 1. The van der Waals surface area contributed by atoms with Gasteiger partial charge in [0.1, 0.15) is 11.6 Å². The molecular formula is C21H32BrNO3. The van der Waals surface area contributed by atoms with Crippen LogP contribution < -0.4 is 0 Å². The largest absolute Gasteiger partial charge is 0.458 e. The maximum Gasteiger partial charge on any atom is 0.329 e. The molecule has 1 rings (SSSR count). The van der Waals surface area contributed by atoms with Crippen LogP contribution in [-0.2, 0) is 20.9 Å². The van der Waals surface area contributed by atoms with Crippen molar-refractivity contribution >= 4 is 27.8 Å². The van der Waals surface area contributed by atoms with Gasteiger partial charge >= 0.3 is 5.97 Å². The number of unbranched alkanes of at least 4 members (excludes halogenated alkanes) is 1. The SMILES string of the molecule is CCCCC(=O)N(Cc1ccc(Br)cc1)[C@H](C(=O)OC(C)(C)C)C(C)C. The molecule has 26 heavy (non-hydrogen) atoms. The van der Waals surface area contributed by atoms with E-state index in [9.17, 15) is 9.59 Å². The van der Waals surface area contributed by atoms with E-state index in [1.165, 1.54) is 0 Å². The zero-order chi connectivity index (χ0) is 19.9. The summed E-state index contributed by atoms with van der Waals surface area (Å²) in [5.74, 6) is -0.375. The van der Waals surface area contributed by atoms with Crippen LogP contribution in [0.5, 0.6) is 0 Å². The monoisotopic (exact) mass is 425 g/mol. The van der Waals surface area contributed by atoms with Gasteiger partial charge in [0, 0.05) is 17.4 Å². The Morgan fingerprint density at radius 2 is 1.73 bits per heavy atom. The highest BCUT2D eigenvalue weighted by Crippen LogP contribution is 2.22. The molecule has 0 saturated heterocycles. The molecule has 0 bridgehead atoms. The van der Waals surface area contributed by atoms with Gasteiger partial charge in [-0.2, -0.15) is 0 Å². The van der Waals surface area contributed by atoms with Crippen molar-refractivity contribution in [2.24, 2.45) is 5.92 Å². The van der Waals surface area contributed by atoms with Gasteiger partial charge in [0.2, 0.25) is 5.91 Å². The first-order chi connectivity index (χ1) is 12.0. The third-order valence-electron chi connectivity index (χ3n) is 3.95. The first-order valence-corrected chi connectivity index (χ1v) is 10.1. The van der Waals surface area contributed by atoms with E-state index in [1.54, 1.807) is 4.90 Å². The number of carbonyl (C=O) groups excluding carboxylic acids is 2. The minimum Gasteiger partial charge on any atom is -0.458 e. The lowest BCUT2D eigenvalue weighted by atomic mass is 10.00. The molecular weight excluding hydrogens is 394 g/mol. The fraction of sp³-hybridized carbons (Fsp3) is 0.619. The number of carbonyl (C=O) groups is 2. The molecule has 0 aliphatic carbocycles. The Labute approximate surface area is 166 Å². The molecule has 1 aromatic carbocycles. The summed E-state index contributed by atoms with van der Waals surface area (Å²) in [6.07, 6.45) is 2.20. The maximum atomic E-state index is 12.9. The molecule has 1 amide bonds. The van der Waals surface area contributed by atoms with Crippen LogP contribution in [0.15, 0.2) is 28.7 Å². The van der Waals surface area contributed by atoms with Crippen LogP contribution in [-0.4, -0.2) is 28.4 Å². The fourth-order valence-corrected chi connectivity index (χ4v) is 2.99. The Balaban J connectivity index is 3.14. The van der Waals surface area contributed by atoms with Crippen LogP contribution in [0.2, 0.25) is 0 Å². The third kappa shape index (κ3) is 7.48. The normalized spacial score (nSPS) is 12.8. The van der Waals surface area contributed by atoms with E-state index >= 15 is 0 Å². The van der Waals surface area contributed by atoms with E-state index < -0.39 is 11.6 Å². The number of nitrogens with zero attached hydrogens (tertiary/aromatic N) is 1. The summed E-state index contributed by atoms with van der Waals surface area (Å²) in [4.78, 5) is 27.4. The molecule has 1 atom stereocenters. The van der Waals surface area contributed by atoms with Gasteiger partial charge in [-0.3, -0.25) is 4.79 Å². The third-order valence-corrected chi connectivity index (χ3v) is 4.47. The van der Waals surface area contributed by atoms with Crippen LogP contribution in [0.3, 0.4) is 0 Å². The van der Waals surface area contributed by atoms with E-state index in [1.807, 2.05) is 58.9 Å². The summed E-state index contributed by atoms with van der Waals surface area (Å²) in [5, 5.41) is 0. The van der Waals surface area contributed by atoms with E-state index in [0.717, 1.165) is 22.9 Å². The van der Waals surface area contributed by atoms with Crippen molar-refractivity contribution < 1.29 is 14.3 Å². The lowest BCUT2D eigenvalue weighted by molar-refractivity contribution is -0.167. The lowest BCUT2D eigenvalue weighted by Gasteiger charge is -2.35. The number of amides is 1. The molecule has 4 nitrogen and oxygen atoms in total. The van der Waals surface area contributed by atoms with Crippen molar-refractivity contribution in [2.45, 2.75) is 79.0 Å². The van der Waals surface area contributed by atoms with Gasteiger partial charge in [-0.25, -0.2) is 4.79 Å². The molecule has 0 aliphatic rings. The Hall–Kier alpha value is -1.36. The van der Waals surface area contributed by atoms with E-state index in [4.69, 9.17) is 4.74 Å². The van der Waals surface area contributed by atoms with Gasteiger partial charge in [0.25, 0.3) is 0 Å². The van der Waals surface area contributed by atoms with Crippen LogP contribution in [0, 0.1) is 5.92 Å². The Morgan fingerprint density at radius 3 is 2.19 bits per heavy atom. The minimum absolute atomic E-state index is 0.000622. The highest BCUT2D eigenvalue weighted by Gasteiger charge is 2.35. The summed E-state index contributed by atoms with van der Waals surface area (Å²) in [6.45, 7) is 11.9. The van der Waals surface area contributed by atoms with Gasteiger partial charge in [-0.05, 0) is 50.8 Å². The standard InChI is InChI=1S/C21H32BrNO3/c1-7-8-9-18(24)23(14-16-10-12-17(22)13-11-16)19(15(2)3)20(25)26-21(4,5)6/h10-13,15,19H,7-9,14H2,1-6H3/t19-/m0/s1. The van der Waals surface area contributed by atoms with Gasteiger partial charge in [-0.1, -0.05) is 55.3 Å². The second-order valence-electron chi connectivity index (χ2n) is 7.97. The number of ether oxygens (including phenoxy) is 1. The highest BCUT2D eigenvalue weighted by molar-refractivity contribution is 9.10. The lowest BCUT2D eigenvalue weighted by Crippen LogP contribution is -2.49.